The largest absolute Gasteiger partial charge is 0.388 e. The molecule has 0 aromatic rings. The predicted molar refractivity (Wildman–Crippen MR) is 188 cm³/mol. The molecule has 8 unspecified atom stereocenters. The minimum Gasteiger partial charge on any atom is -0.388 e. The zero-order valence-electron chi connectivity index (χ0n) is 30.4. The minimum atomic E-state index is -1.14. The quantitative estimate of drug-likeness (QED) is 0.362. The maximum absolute atomic E-state index is 13.2. The van der Waals surface area contributed by atoms with Crippen molar-refractivity contribution in [2.75, 3.05) is 32.9 Å². The highest BCUT2D eigenvalue weighted by molar-refractivity contribution is 7.59. The van der Waals surface area contributed by atoms with Crippen LogP contribution >= 0.6 is 13.5 Å². The van der Waals surface area contributed by atoms with Crippen LogP contribution in [-0.2, 0) is 23.7 Å². The van der Waals surface area contributed by atoms with Gasteiger partial charge in [0.2, 0.25) is 5.91 Å². The van der Waals surface area contributed by atoms with Crippen molar-refractivity contribution in [3.05, 3.63) is 0 Å². The number of nitrogens with zero attached hydrogens (tertiary/aromatic N) is 1. The summed E-state index contributed by atoms with van der Waals surface area (Å²) in [4.78, 5) is 15.2. The van der Waals surface area contributed by atoms with Gasteiger partial charge in [-0.25, -0.2) is 0 Å². The summed E-state index contributed by atoms with van der Waals surface area (Å²) in [6.07, 6.45) is 13.6. The topological polar surface area (TPSA) is 97.7 Å². The molecule has 0 radical (unpaired) electrons. The first kappa shape index (κ1) is 36.0. The van der Waals surface area contributed by atoms with E-state index in [1.54, 1.807) is 13.8 Å². The van der Waals surface area contributed by atoms with E-state index < -0.39 is 11.7 Å². The molecule has 12 atom stereocenters. The number of aliphatic hydroxyl groups excluding tert-OH is 1. The van der Waals surface area contributed by atoms with Crippen molar-refractivity contribution < 1.29 is 34.0 Å². The van der Waals surface area contributed by atoms with Gasteiger partial charge in [0.1, 0.15) is 6.10 Å². The number of aliphatic hydroxyl groups is 2. The smallest absolute Gasteiger partial charge is 0.223 e. The Balaban J connectivity index is 0.00000364. The molecule has 274 valence electrons. The van der Waals surface area contributed by atoms with Gasteiger partial charge < -0.3 is 34.1 Å². The van der Waals surface area contributed by atoms with Crippen molar-refractivity contribution >= 4 is 19.4 Å². The number of amides is 1. The van der Waals surface area contributed by atoms with E-state index in [4.69, 9.17) is 18.9 Å². The standard InChI is InChI=1S/C39H63NO7.H2S/c1-35(2)30-9-7-25-27-21-29-26(6-8-28(46-29)34(42)36(3,4)43)37(27,5)14-15-38(25)23-39(30,38)13-10-31(35)47-33-22-40(16-19-45-33)32(41)20-24-11-17-44-18-12-24;/h24-31,33-34,42-43H,6-23H2,1-5H3;1H2/t25?,26?,27?,28?,29?,30?,31-,33?,34-,37+,38?,39+;/m0./s1. The molecule has 1 amide bonds. The summed E-state index contributed by atoms with van der Waals surface area (Å²) < 4.78 is 25.2. The molecule has 0 aromatic heterocycles. The Morgan fingerprint density at radius 3 is 2.44 bits per heavy atom. The second-order valence-corrected chi connectivity index (χ2v) is 19.0. The third-order valence-corrected chi connectivity index (χ3v) is 16.1. The fraction of sp³-hybridized carbons (Fsp3) is 0.974. The zero-order chi connectivity index (χ0) is 33.0. The number of rotatable bonds is 6. The van der Waals surface area contributed by atoms with Gasteiger partial charge in [0.15, 0.2) is 6.29 Å². The van der Waals surface area contributed by atoms with Gasteiger partial charge >= 0.3 is 0 Å². The van der Waals surface area contributed by atoms with Crippen molar-refractivity contribution in [3.63, 3.8) is 0 Å². The van der Waals surface area contributed by atoms with Gasteiger partial charge in [-0.2, -0.15) is 13.5 Å². The number of carbonyl (C=O) groups is 1. The van der Waals surface area contributed by atoms with Crippen LogP contribution in [-0.4, -0.2) is 90.2 Å². The van der Waals surface area contributed by atoms with Crippen LogP contribution < -0.4 is 0 Å². The first-order valence-electron chi connectivity index (χ1n) is 19.5. The van der Waals surface area contributed by atoms with E-state index in [0.717, 1.165) is 57.7 Å². The van der Waals surface area contributed by atoms with Gasteiger partial charge in [-0.15, -0.1) is 0 Å². The van der Waals surface area contributed by atoms with Crippen molar-refractivity contribution in [2.24, 2.45) is 51.2 Å². The van der Waals surface area contributed by atoms with Gasteiger partial charge in [-0.3, -0.25) is 4.79 Å². The molecular formula is C39H65NO7S. The van der Waals surface area contributed by atoms with Crippen LogP contribution in [0.15, 0.2) is 0 Å². The summed E-state index contributed by atoms with van der Waals surface area (Å²) in [6.45, 7) is 14.3. The summed E-state index contributed by atoms with van der Waals surface area (Å²) in [5.41, 5.74) is 0.155. The van der Waals surface area contributed by atoms with Gasteiger partial charge in [-0.05, 0) is 142 Å². The molecule has 8 rings (SSSR count). The molecule has 9 heteroatoms. The van der Waals surface area contributed by atoms with Crippen molar-refractivity contribution in [2.45, 2.75) is 154 Å². The van der Waals surface area contributed by atoms with E-state index in [1.165, 1.54) is 38.5 Å². The lowest BCUT2D eigenvalue weighted by atomic mass is 9.46. The third-order valence-electron chi connectivity index (χ3n) is 16.1. The SMILES string of the molecule is CC(C)(O)[C@@H](O)C1CCC2C(CC3C4CCC5C(C)(C)[C@@H](OC6CN(C(=O)CC7CCOCC7)CCO6)CC[C@@]56CC46CC[C@]23C)O1.S. The Hall–Kier alpha value is -0.420. The van der Waals surface area contributed by atoms with Gasteiger partial charge in [0, 0.05) is 26.2 Å². The van der Waals surface area contributed by atoms with Crippen LogP contribution in [0.5, 0.6) is 0 Å². The molecule has 2 spiro atoms. The average molecular weight is 692 g/mol. The minimum absolute atomic E-state index is 0. The van der Waals surface area contributed by atoms with Crippen LogP contribution in [0.4, 0.5) is 0 Å². The lowest BCUT2D eigenvalue weighted by Gasteiger charge is -2.60. The Kier molecular flexibility index (Phi) is 9.45. The van der Waals surface area contributed by atoms with Crippen LogP contribution in [0.2, 0.25) is 0 Å². The second-order valence-electron chi connectivity index (χ2n) is 19.0. The highest BCUT2D eigenvalue weighted by Gasteiger charge is 2.80. The Bertz CT molecular complexity index is 1200. The molecule has 5 aliphatic carbocycles. The molecule has 8 nitrogen and oxygen atoms in total. The van der Waals surface area contributed by atoms with Gasteiger partial charge in [0.05, 0.1) is 37.1 Å². The molecule has 8 aliphatic rings. The van der Waals surface area contributed by atoms with Crippen molar-refractivity contribution in [3.8, 4) is 0 Å². The molecule has 3 heterocycles. The maximum Gasteiger partial charge on any atom is 0.223 e. The van der Waals surface area contributed by atoms with E-state index in [1.807, 2.05) is 4.90 Å². The maximum atomic E-state index is 13.2. The van der Waals surface area contributed by atoms with Gasteiger partial charge in [0.25, 0.3) is 0 Å². The lowest BCUT2D eigenvalue weighted by Crippen LogP contribution is -2.56. The molecular weight excluding hydrogens is 626 g/mol. The highest BCUT2D eigenvalue weighted by Crippen LogP contribution is 2.87. The molecule has 2 N–H and O–H groups in total. The fourth-order valence-electron chi connectivity index (χ4n) is 13.6. The van der Waals surface area contributed by atoms with Crippen LogP contribution in [0, 0.1) is 51.2 Å². The molecule has 3 saturated heterocycles. The number of ether oxygens (including phenoxy) is 4. The fourth-order valence-corrected chi connectivity index (χ4v) is 13.6. The number of hydrogen-bond acceptors (Lipinski definition) is 7. The molecule has 8 fully saturated rings. The number of hydrogen-bond donors (Lipinski definition) is 2. The average Bonchev–Trinajstić information content (AvgIpc) is 3.62. The molecule has 0 bridgehead atoms. The molecule has 5 saturated carbocycles. The molecule has 0 aromatic carbocycles. The summed E-state index contributed by atoms with van der Waals surface area (Å²) in [5.74, 6) is 3.39. The van der Waals surface area contributed by atoms with E-state index >= 15 is 0 Å². The first-order valence-corrected chi connectivity index (χ1v) is 19.5. The summed E-state index contributed by atoms with van der Waals surface area (Å²) >= 11 is 0. The first-order chi connectivity index (χ1) is 22.3. The number of fused-ring (bicyclic) bond motifs is 4. The van der Waals surface area contributed by atoms with E-state index in [0.29, 0.717) is 66.0 Å². The van der Waals surface area contributed by atoms with E-state index in [9.17, 15) is 15.0 Å². The van der Waals surface area contributed by atoms with Gasteiger partial charge in [-0.1, -0.05) is 20.8 Å². The monoisotopic (exact) mass is 691 g/mol. The van der Waals surface area contributed by atoms with Crippen LogP contribution in [0.3, 0.4) is 0 Å². The number of morpholine rings is 1. The zero-order valence-corrected chi connectivity index (χ0v) is 31.4. The van der Waals surface area contributed by atoms with Crippen molar-refractivity contribution in [1.82, 2.24) is 4.90 Å². The predicted octanol–water partition coefficient (Wildman–Crippen LogP) is 5.82. The third kappa shape index (κ3) is 5.57. The number of carbonyl (C=O) groups excluding carboxylic acids is 1. The Morgan fingerprint density at radius 2 is 1.69 bits per heavy atom. The summed E-state index contributed by atoms with van der Waals surface area (Å²) in [7, 11) is 0. The molecule has 48 heavy (non-hydrogen) atoms. The molecule has 3 aliphatic heterocycles. The summed E-state index contributed by atoms with van der Waals surface area (Å²) in [6, 6.07) is 0. The highest BCUT2D eigenvalue weighted by atomic mass is 32.1. The Labute approximate surface area is 296 Å². The normalized spacial score (nSPS) is 47.4. The van der Waals surface area contributed by atoms with Crippen LogP contribution in [0.1, 0.15) is 118 Å². The lowest BCUT2D eigenvalue weighted by molar-refractivity contribution is -0.244. The second kappa shape index (κ2) is 12.6. The van der Waals surface area contributed by atoms with Crippen molar-refractivity contribution in [1.29, 1.82) is 0 Å². The van der Waals surface area contributed by atoms with E-state index in [-0.39, 0.29) is 49.4 Å². The van der Waals surface area contributed by atoms with Crippen LogP contribution in [0.25, 0.3) is 0 Å². The Morgan fingerprint density at radius 1 is 0.938 bits per heavy atom. The van der Waals surface area contributed by atoms with E-state index in [2.05, 4.69) is 20.8 Å². The summed E-state index contributed by atoms with van der Waals surface area (Å²) in [5, 5.41) is 21.4.